The number of carbonyl (C=O) groups excluding carboxylic acids is 2. The van der Waals surface area contributed by atoms with Crippen LogP contribution in [0.3, 0.4) is 0 Å². The van der Waals surface area contributed by atoms with Gasteiger partial charge in [0.25, 0.3) is 0 Å². The maximum absolute atomic E-state index is 12.2. The molecule has 0 heterocycles. The Labute approximate surface area is 129 Å². The van der Waals surface area contributed by atoms with Gasteiger partial charge in [-0.3, -0.25) is 9.59 Å². The SMILES string of the molecule is CSCC(NC(=O)OC(C)(C)C)C(=O)N(C)CCC(=O)O. The summed E-state index contributed by atoms with van der Waals surface area (Å²) in [6, 6.07) is -0.742. The number of alkyl carbamates (subject to hydrolysis) is 1. The fraction of sp³-hybridized carbons (Fsp3) is 0.769. The first-order chi connectivity index (χ1) is 9.56. The van der Waals surface area contributed by atoms with Gasteiger partial charge >= 0.3 is 12.1 Å². The Hall–Kier alpha value is -1.44. The number of carboxylic acid groups (broad SMARTS) is 1. The summed E-state index contributed by atoms with van der Waals surface area (Å²) in [6.45, 7) is 5.29. The second-order valence-electron chi connectivity index (χ2n) is 5.56. The Kier molecular flexibility index (Phi) is 8.16. The number of hydrogen-bond acceptors (Lipinski definition) is 5. The van der Waals surface area contributed by atoms with Gasteiger partial charge in [-0.1, -0.05) is 0 Å². The van der Waals surface area contributed by atoms with Gasteiger partial charge in [-0.25, -0.2) is 4.79 Å². The lowest BCUT2D eigenvalue weighted by molar-refractivity contribution is -0.138. The first kappa shape index (κ1) is 19.6. The van der Waals surface area contributed by atoms with Crippen LogP contribution < -0.4 is 5.32 Å². The molecule has 8 heteroatoms. The van der Waals surface area contributed by atoms with E-state index < -0.39 is 23.7 Å². The van der Waals surface area contributed by atoms with E-state index in [9.17, 15) is 14.4 Å². The van der Waals surface area contributed by atoms with Crippen LogP contribution in [0.2, 0.25) is 0 Å². The van der Waals surface area contributed by atoms with E-state index in [-0.39, 0.29) is 18.9 Å². The summed E-state index contributed by atoms with van der Waals surface area (Å²) in [5, 5.41) is 11.1. The lowest BCUT2D eigenvalue weighted by atomic mass is 10.2. The van der Waals surface area contributed by atoms with Crippen LogP contribution in [0.15, 0.2) is 0 Å². The largest absolute Gasteiger partial charge is 0.481 e. The lowest BCUT2D eigenvalue weighted by Crippen LogP contribution is -2.50. The molecule has 0 aromatic carbocycles. The molecular formula is C13H24N2O5S. The van der Waals surface area contributed by atoms with E-state index in [2.05, 4.69) is 5.32 Å². The number of ether oxygens (including phenoxy) is 1. The molecule has 7 nitrogen and oxygen atoms in total. The van der Waals surface area contributed by atoms with Crippen LogP contribution in [-0.4, -0.2) is 65.2 Å². The molecule has 0 fully saturated rings. The molecule has 0 saturated carbocycles. The smallest absolute Gasteiger partial charge is 0.408 e. The quantitative estimate of drug-likeness (QED) is 0.731. The average molecular weight is 320 g/mol. The summed E-state index contributed by atoms with van der Waals surface area (Å²) in [5.74, 6) is -0.928. The summed E-state index contributed by atoms with van der Waals surface area (Å²) >= 11 is 1.41. The summed E-state index contributed by atoms with van der Waals surface area (Å²) < 4.78 is 5.12. The van der Waals surface area contributed by atoms with Gasteiger partial charge in [0.1, 0.15) is 11.6 Å². The molecule has 0 rings (SSSR count). The fourth-order valence-electron chi connectivity index (χ4n) is 1.43. The molecule has 0 aliphatic carbocycles. The highest BCUT2D eigenvalue weighted by Crippen LogP contribution is 2.08. The molecule has 0 aromatic rings. The number of carboxylic acids is 1. The van der Waals surface area contributed by atoms with Crippen molar-refractivity contribution >= 4 is 29.7 Å². The molecule has 1 atom stereocenters. The van der Waals surface area contributed by atoms with Crippen LogP contribution in [0.5, 0.6) is 0 Å². The topological polar surface area (TPSA) is 95.9 Å². The summed E-state index contributed by atoms with van der Waals surface area (Å²) in [6.07, 6.45) is 1.01. The first-order valence-corrected chi connectivity index (χ1v) is 7.91. The van der Waals surface area contributed by atoms with Gasteiger partial charge in [0, 0.05) is 19.3 Å². The number of thioether (sulfide) groups is 1. The molecule has 2 N–H and O–H groups in total. The van der Waals surface area contributed by atoms with E-state index in [1.165, 1.54) is 23.7 Å². The third-order valence-corrected chi connectivity index (χ3v) is 3.03. The standard InChI is InChI=1S/C13H24N2O5S/c1-13(2,3)20-12(19)14-9(8-21-5)11(18)15(4)7-6-10(16)17/h9H,6-8H2,1-5H3,(H,14,19)(H,16,17). The molecule has 2 amide bonds. The van der Waals surface area contributed by atoms with Crippen molar-refractivity contribution in [1.29, 1.82) is 0 Å². The molecule has 0 spiro atoms. The summed E-state index contributed by atoms with van der Waals surface area (Å²) in [5.41, 5.74) is -0.647. The Morgan fingerprint density at radius 3 is 2.33 bits per heavy atom. The minimum absolute atomic E-state index is 0.0923. The minimum atomic E-state index is -0.976. The van der Waals surface area contributed by atoms with Crippen LogP contribution >= 0.6 is 11.8 Å². The van der Waals surface area contributed by atoms with Crippen molar-refractivity contribution < 1.29 is 24.2 Å². The lowest BCUT2D eigenvalue weighted by Gasteiger charge is -2.26. The van der Waals surface area contributed by atoms with Gasteiger partial charge in [-0.05, 0) is 27.0 Å². The van der Waals surface area contributed by atoms with E-state index in [0.29, 0.717) is 5.75 Å². The van der Waals surface area contributed by atoms with Crippen LogP contribution in [0, 0.1) is 0 Å². The molecule has 21 heavy (non-hydrogen) atoms. The maximum Gasteiger partial charge on any atom is 0.408 e. The Morgan fingerprint density at radius 1 is 1.33 bits per heavy atom. The minimum Gasteiger partial charge on any atom is -0.481 e. The van der Waals surface area contributed by atoms with E-state index in [1.54, 1.807) is 20.8 Å². The van der Waals surface area contributed by atoms with Gasteiger partial charge in [-0.15, -0.1) is 0 Å². The van der Waals surface area contributed by atoms with Gasteiger partial charge in [0.05, 0.1) is 6.42 Å². The zero-order chi connectivity index (χ0) is 16.6. The molecular weight excluding hydrogens is 296 g/mol. The second-order valence-corrected chi connectivity index (χ2v) is 6.47. The van der Waals surface area contributed by atoms with Crippen molar-refractivity contribution in [3.05, 3.63) is 0 Å². The van der Waals surface area contributed by atoms with E-state index >= 15 is 0 Å². The number of rotatable bonds is 7. The molecule has 1 unspecified atom stereocenters. The number of nitrogens with zero attached hydrogens (tertiary/aromatic N) is 1. The van der Waals surface area contributed by atoms with Crippen molar-refractivity contribution in [3.8, 4) is 0 Å². The highest BCUT2D eigenvalue weighted by molar-refractivity contribution is 7.98. The molecule has 0 bridgehead atoms. The van der Waals surface area contributed by atoms with Gasteiger partial charge in [-0.2, -0.15) is 11.8 Å². The van der Waals surface area contributed by atoms with E-state index in [4.69, 9.17) is 9.84 Å². The second kappa shape index (κ2) is 8.76. The number of hydrogen-bond donors (Lipinski definition) is 2. The fourth-order valence-corrected chi connectivity index (χ4v) is 1.99. The molecule has 0 aliphatic heterocycles. The van der Waals surface area contributed by atoms with Crippen LogP contribution in [0.4, 0.5) is 4.79 Å². The van der Waals surface area contributed by atoms with Crippen molar-refractivity contribution in [2.45, 2.75) is 38.8 Å². The third kappa shape index (κ3) is 9.17. The molecule has 0 saturated heterocycles. The summed E-state index contributed by atoms with van der Waals surface area (Å²) in [7, 11) is 1.51. The van der Waals surface area contributed by atoms with E-state index in [0.717, 1.165) is 0 Å². The van der Waals surface area contributed by atoms with Crippen LogP contribution in [0.25, 0.3) is 0 Å². The number of nitrogens with one attached hydrogen (secondary N) is 1. The molecule has 0 aliphatic rings. The van der Waals surface area contributed by atoms with Crippen molar-refractivity contribution in [2.24, 2.45) is 0 Å². The Morgan fingerprint density at radius 2 is 1.90 bits per heavy atom. The van der Waals surface area contributed by atoms with Gasteiger partial charge in [0.2, 0.25) is 5.91 Å². The molecule has 122 valence electrons. The normalized spacial score (nSPS) is 12.4. The number of likely N-dealkylation sites (N-methyl/N-ethyl adjacent to an activating group) is 1. The predicted molar refractivity (Wildman–Crippen MR) is 81.4 cm³/mol. The molecule has 0 radical (unpaired) electrons. The number of carbonyl (C=O) groups is 3. The van der Waals surface area contributed by atoms with Crippen LogP contribution in [-0.2, 0) is 14.3 Å². The highest BCUT2D eigenvalue weighted by atomic mass is 32.2. The zero-order valence-corrected chi connectivity index (χ0v) is 14.0. The van der Waals surface area contributed by atoms with Crippen molar-refractivity contribution in [2.75, 3.05) is 25.6 Å². The van der Waals surface area contributed by atoms with Crippen molar-refractivity contribution in [3.63, 3.8) is 0 Å². The van der Waals surface area contributed by atoms with Gasteiger partial charge < -0.3 is 20.1 Å². The number of amides is 2. The van der Waals surface area contributed by atoms with Gasteiger partial charge in [0.15, 0.2) is 0 Å². The predicted octanol–water partition coefficient (Wildman–Crippen LogP) is 1.18. The van der Waals surface area contributed by atoms with Crippen molar-refractivity contribution in [1.82, 2.24) is 10.2 Å². The average Bonchev–Trinajstić information content (AvgIpc) is 2.32. The Bertz CT molecular complexity index is 381. The van der Waals surface area contributed by atoms with E-state index in [1.807, 2.05) is 6.26 Å². The monoisotopic (exact) mass is 320 g/mol. The third-order valence-electron chi connectivity index (χ3n) is 2.36. The molecule has 0 aromatic heterocycles. The number of aliphatic carboxylic acids is 1. The van der Waals surface area contributed by atoms with Crippen LogP contribution in [0.1, 0.15) is 27.2 Å². The Balaban J connectivity index is 4.61. The summed E-state index contributed by atoms with van der Waals surface area (Å²) in [4.78, 5) is 35.7. The zero-order valence-electron chi connectivity index (χ0n) is 13.1. The maximum atomic E-state index is 12.2. The first-order valence-electron chi connectivity index (χ1n) is 6.52. The highest BCUT2D eigenvalue weighted by Gasteiger charge is 2.26.